The normalized spacial score (nSPS) is 26.6. The van der Waals surface area contributed by atoms with Crippen LogP contribution in [0.5, 0.6) is 0 Å². The van der Waals surface area contributed by atoms with Gasteiger partial charge in [-0.15, -0.1) is 0 Å². The topological polar surface area (TPSA) is 48.9 Å². The maximum absolute atomic E-state index is 14.0. The van der Waals surface area contributed by atoms with E-state index in [1.807, 2.05) is 31.1 Å². The number of hydrogen-bond donors (Lipinski definition) is 2. The first-order valence-electron chi connectivity index (χ1n) is 9.91. The van der Waals surface area contributed by atoms with Crippen LogP contribution in [0.25, 0.3) is 0 Å². The summed E-state index contributed by atoms with van der Waals surface area (Å²) in [5, 5.41) is 6.96. The maximum atomic E-state index is 14.0. The molecule has 3 unspecified atom stereocenters. The Morgan fingerprint density at radius 3 is 2.85 bits per heavy atom. The third-order valence-electron chi connectivity index (χ3n) is 5.75. The molecule has 0 aromatic heterocycles. The van der Waals surface area contributed by atoms with Crippen molar-refractivity contribution in [2.24, 2.45) is 16.3 Å². The van der Waals surface area contributed by atoms with Gasteiger partial charge < -0.3 is 20.3 Å². The van der Waals surface area contributed by atoms with Crippen LogP contribution < -0.4 is 10.6 Å². The molecule has 0 radical (unpaired) electrons. The van der Waals surface area contributed by atoms with Crippen molar-refractivity contribution < 1.29 is 9.13 Å². The number of nitrogens with zero attached hydrogens (tertiary/aromatic N) is 2. The van der Waals surface area contributed by atoms with Crippen molar-refractivity contribution >= 4 is 5.96 Å². The van der Waals surface area contributed by atoms with Crippen LogP contribution in [-0.4, -0.2) is 50.3 Å². The third kappa shape index (κ3) is 4.27. The Kier molecular flexibility index (Phi) is 6.06. The van der Waals surface area contributed by atoms with Crippen molar-refractivity contribution in [2.75, 3.05) is 27.2 Å². The molecule has 1 saturated heterocycles. The summed E-state index contributed by atoms with van der Waals surface area (Å²) in [4.78, 5) is 6.72. The zero-order chi connectivity index (χ0) is 19.6. The van der Waals surface area contributed by atoms with Crippen LogP contribution in [0.1, 0.15) is 38.3 Å². The molecule has 5 nitrogen and oxygen atoms in total. The van der Waals surface area contributed by atoms with E-state index < -0.39 is 0 Å². The fraction of sp³-hybridized carbons (Fsp3) is 0.667. The second-order valence-electron chi connectivity index (χ2n) is 8.55. The molecular weight excluding hydrogens is 343 g/mol. The lowest BCUT2D eigenvalue weighted by Gasteiger charge is -2.54. The Labute approximate surface area is 162 Å². The number of ether oxygens (including phenoxy) is 1. The molecule has 3 rings (SSSR count). The van der Waals surface area contributed by atoms with Crippen LogP contribution in [0.4, 0.5) is 4.39 Å². The number of aliphatic imine (C=N–C) groups is 1. The average molecular weight is 377 g/mol. The van der Waals surface area contributed by atoms with Gasteiger partial charge in [-0.3, -0.25) is 0 Å². The summed E-state index contributed by atoms with van der Waals surface area (Å²) in [5.41, 5.74) is 1.82. The molecule has 1 aromatic rings. The van der Waals surface area contributed by atoms with Gasteiger partial charge in [0.05, 0.1) is 12.6 Å². The van der Waals surface area contributed by atoms with Crippen LogP contribution in [0, 0.1) is 17.2 Å². The van der Waals surface area contributed by atoms with Gasteiger partial charge in [0.1, 0.15) is 5.82 Å². The Morgan fingerprint density at radius 2 is 2.15 bits per heavy atom. The zero-order valence-electron chi connectivity index (χ0n) is 17.2. The van der Waals surface area contributed by atoms with Crippen molar-refractivity contribution in [3.05, 3.63) is 35.1 Å². The summed E-state index contributed by atoms with van der Waals surface area (Å²) >= 11 is 0. The number of rotatable bonds is 6. The summed E-state index contributed by atoms with van der Waals surface area (Å²) < 4.78 is 19.9. The number of hydrogen-bond acceptors (Lipinski definition) is 3. The number of nitrogens with one attached hydrogen (secondary N) is 2. The van der Waals surface area contributed by atoms with Crippen molar-refractivity contribution in [3.8, 4) is 0 Å². The van der Waals surface area contributed by atoms with Crippen molar-refractivity contribution in [2.45, 2.75) is 52.4 Å². The molecule has 150 valence electrons. The third-order valence-corrected chi connectivity index (χ3v) is 5.75. The van der Waals surface area contributed by atoms with Gasteiger partial charge in [0.15, 0.2) is 5.96 Å². The minimum atomic E-state index is -0.162. The molecule has 3 atom stereocenters. The lowest BCUT2D eigenvalue weighted by atomic mass is 9.57. The first-order valence-corrected chi connectivity index (χ1v) is 9.91. The molecule has 27 heavy (non-hydrogen) atoms. The molecule has 2 N–H and O–H groups in total. The first kappa shape index (κ1) is 20.1. The average Bonchev–Trinajstić information content (AvgIpc) is 3.06. The number of guanidine groups is 1. The molecule has 1 heterocycles. The molecule has 1 aliphatic carbocycles. The molecule has 1 aromatic carbocycles. The summed E-state index contributed by atoms with van der Waals surface area (Å²) in [6.07, 6.45) is 1.46. The lowest BCUT2D eigenvalue weighted by Crippen LogP contribution is -2.67. The smallest absolute Gasteiger partial charge is 0.191 e. The molecular formula is C21H33FN4O. The molecule has 1 saturated carbocycles. The predicted molar refractivity (Wildman–Crippen MR) is 107 cm³/mol. The SMILES string of the molecule is CCNC(=NCc1ccc(F)c(CN(C)C)c1)NC1C2CCOC2C1(C)C. The lowest BCUT2D eigenvalue weighted by molar-refractivity contribution is -0.106. The van der Waals surface area contributed by atoms with E-state index in [4.69, 9.17) is 9.73 Å². The van der Waals surface area contributed by atoms with E-state index in [9.17, 15) is 4.39 Å². The quantitative estimate of drug-likeness (QED) is 0.592. The predicted octanol–water partition coefficient (Wildman–Crippen LogP) is 2.76. The van der Waals surface area contributed by atoms with Crippen LogP contribution in [0.2, 0.25) is 0 Å². The van der Waals surface area contributed by atoms with Gasteiger partial charge in [-0.1, -0.05) is 19.9 Å². The molecule has 0 spiro atoms. The van der Waals surface area contributed by atoms with E-state index in [0.29, 0.717) is 36.7 Å². The van der Waals surface area contributed by atoms with E-state index in [-0.39, 0.29) is 11.2 Å². The number of fused-ring (bicyclic) bond motifs is 1. The summed E-state index contributed by atoms with van der Waals surface area (Å²) in [6.45, 7) is 9.35. The fourth-order valence-electron chi connectivity index (χ4n) is 4.44. The van der Waals surface area contributed by atoms with Gasteiger partial charge in [-0.05, 0) is 45.1 Å². The van der Waals surface area contributed by atoms with E-state index in [1.54, 1.807) is 6.07 Å². The molecule has 0 amide bonds. The highest BCUT2D eigenvalue weighted by Crippen LogP contribution is 2.52. The Balaban J connectivity index is 1.69. The van der Waals surface area contributed by atoms with E-state index in [1.165, 1.54) is 0 Å². The molecule has 0 bridgehead atoms. The zero-order valence-corrected chi connectivity index (χ0v) is 17.2. The maximum Gasteiger partial charge on any atom is 0.191 e. The van der Waals surface area contributed by atoms with Gasteiger partial charge in [0, 0.05) is 42.6 Å². The fourth-order valence-corrected chi connectivity index (χ4v) is 4.44. The summed E-state index contributed by atoms with van der Waals surface area (Å²) in [7, 11) is 3.88. The highest BCUT2D eigenvalue weighted by Gasteiger charge is 2.59. The molecule has 2 aliphatic rings. The van der Waals surface area contributed by atoms with Gasteiger partial charge >= 0.3 is 0 Å². The molecule has 2 fully saturated rings. The van der Waals surface area contributed by atoms with Gasteiger partial charge in [0.2, 0.25) is 0 Å². The second kappa shape index (κ2) is 8.15. The monoisotopic (exact) mass is 376 g/mol. The van der Waals surface area contributed by atoms with Crippen molar-refractivity contribution in [1.29, 1.82) is 0 Å². The van der Waals surface area contributed by atoms with Crippen LogP contribution in [0.15, 0.2) is 23.2 Å². The second-order valence-corrected chi connectivity index (χ2v) is 8.55. The highest BCUT2D eigenvalue weighted by atomic mass is 19.1. The van der Waals surface area contributed by atoms with Crippen molar-refractivity contribution in [3.63, 3.8) is 0 Å². The minimum Gasteiger partial charge on any atom is -0.377 e. The van der Waals surface area contributed by atoms with E-state index in [2.05, 4.69) is 31.4 Å². The van der Waals surface area contributed by atoms with Crippen LogP contribution in [-0.2, 0) is 17.8 Å². The Hall–Kier alpha value is -1.66. The van der Waals surface area contributed by atoms with Crippen LogP contribution >= 0.6 is 0 Å². The largest absolute Gasteiger partial charge is 0.377 e. The molecule has 6 heteroatoms. The Bertz CT molecular complexity index is 689. The first-order chi connectivity index (χ1) is 12.8. The van der Waals surface area contributed by atoms with Gasteiger partial charge in [-0.2, -0.15) is 0 Å². The number of halogens is 1. The minimum absolute atomic E-state index is 0.103. The van der Waals surface area contributed by atoms with Crippen LogP contribution in [0.3, 0.4) is 0 Å². The Morgan fingerprint density at radius 1 is 1.37 bits per heavy atom. The van der Waals surface area contributed by atoms with Crippen molar-refractivity contribution in [1.82, 2.24) is 15.5 Å². The van der Waals surface area contributed by atoms with Gasteiger partial charge in [-0.25, -0.2) is 9.38 Å². The van der Waals surface area contributed by atoms with Gasteiger partial charge in [0.25, 0.3) is 0 Å². The number of benzene rings is 1. The summed E-state index contributed by atoms with van der Waals surface area (Å²) in [6, 6.07) is 5.63. The van der Waals surface area contributed by atoms with E-state index >= 15 is 0 Å². The van der Waals surface area contributed by atoms with E-state index in [0.717, 1.165) is 31.1 Å². The summed E-state index contributed by atoms with van der Waals surface area (Å²) in [5.74, 6) is 1.21. The highest BCUT2D eigenvalue weighted by molar-refractivity contribution is 5.80. The molecule has 1 aliphatic heterocycles. The standard InChI is InChI=1S/C21H33FN4O/c1-6-23-20(25-18-16-9-10-27-19(16)21(18,2)3)24-12-14-7-8-17(22)15(11-14)13-26(4)5/h7-8,11,16,18-19H,6,9-10,12-13H2,1-5H3,(H2,23,24,25).